The maximum Gasteiger partial charge on any atom is 0.256 e. The van der Waals surface area contributed by atoms with Gasteiger partial charge in [-0.2, -0.15) is 0 Å². The molecule has 0 atom stereocenters. The van der Waals surface area contributed by atoms with E-state index in [0.717, 1.165) is 14.1 Å². The second-order valence-electron chi connectivity index (χ2n) is 3.50. The molecule has 0 spiro atoms. The molecule has 0 saturated heterocycles. The van der Waals surface area contributed by atoms with Gasteiger partial charge in [-0.3, -0.25) is 4.79 Å². The summed E-state index contributed by atoms with van der Waals surface area (Å²) in [5.41, 5.74) is 8.02. The number of thiophene rings is 1. The lowest BCUT2D eigenvalue weighted by molar-refractivity contribution is 0.102. The quantitative estimate of drug-likeness (QED) is 0.829. The van der Waals surface area contributed by atoms with Crippen molar-refractivity contribution in [2.75, 3.05) is 5.32 Å². The zero-order chi connectivity index (χ0) is 12.3. The van der Waals surface area contributed by atoms with Crippen LogP contribution in [0.15, 0.2) is 35.7 Å². The summed E-state index contributed by atoms with van der Waals surface area (Å²) in [7, 11) is 0. The van der Waals surface area contributed by atoms with Crippen LogP contribution in [0.5, 0.6) is 0 Å². The van der Waals surface area contributed by atoms with Crippen molar-refractivity contribution in [3.8, 4) is 0 Å². The minimum Gasteiger partial charge on any atom is -0.326 e. The van der Waals surface area contributed by atoms with Crippen LogP contribution >= 0.6 is 33.9 Å². The lowest BCUT2D eigenvalue weighted by Crippen LogP contribution is -2.11. The fraction of sp³-hybridized carbons (Fsp3) is 0.0833. The summed E-state index contributed by atoms with van der Waals surface area (Å²) in [4.78, 5) is 11.9. The second kappa shape index (κ2) is 5.61. The maximum atomic E-state index is 11.9. The van der Waals surface area contributed by atoms with Crippen molar-refractivity contribution in [3.63, 3.8) is 0 Å². The molecular formula is C12H11IN2OS. The van der Waals surface area contributed by atoms with Crippen LogP contribution in [-0.2, 0) is 6.54 Å². The summed E-state index contributed by atoms with van der Waals surface area (Å²) < 4.78 is 1.10. The van der Waals surface area contributed by atoms with E-state index in [-0.39, 0.29) is 5.91 Å². The molecule has 0 saturated carbocycles. The van der Waals surface area contributed by atoms with Gasteiger partial charge in [0.25, 0.3) is 5.91 Å². The topological polar surface area (TPSA) is 55.1 Å². The summed E-state index contributed by atoms with van der Waals surface area (Å²) in [6.07, 6.45) is 0. The average Bonchev–Trinajstić information content (AvgIpc) is 2.76. The van der Waals surface area contributed by atoms with Gasteiger partial charge in [0.2, 0.25) is 0 Å². The van der Waals surface area contributed by atoms with Gasteiger partial charge in [-0.05, 0) is 46.4 Å². The van der Waals surface area contributed by atoms with E-state index >= 15 is 0 Å². The first-order valence-electron chi connectivity index (χ1n) is 5.03. The van der Waals surface area contributed by atoms with Crippen molar-refractivity contribution >= 4 is 45.5 Å². The predicted molar refractivity (Wildman–Crippen MR) is 79.3 cm³/mol. The van der Waals surface area contributed by atoms with E-state index in [2.05, 4.69) is 27.9 Å². The molecule has 0 bridgehead atoms. The molecule has 0 unspecified atom stereocenters. The minimum absolute atomic E-state index is 0.0849. The van der Waals surface area contributed by atoms with Gasteiger partial charge >= 0.3 is 0 Å². The van der Waals surface area contributed by atoms with Crippen LogP contribution in [0.25, 0.3) is 0 Å². The summed E-state index contributed by atoms with van der Waals surface area (Å²) in [6.45, 7) is 0.472. The molecule has 1 amide bonds. The molecule has 0 radical (unpaired) electrons. The first-order chi connectivity index (χ1) is 8.19. The van der Waals surface area contributed by atoms with Crippen molar-refractivity contribution in [2.45, 2.75) is 6.54 Å². The Morgan fingerprint density at radius 2 is 2.24 bits per heavy atom. The molecule has 88 valence electrons. The van der Waals surface area contributed by atoms with Gasteiger partial charge in [-0.15, -0.1) is 11.3 Å². The van der Waals surface area contributed by atoms with Crippen LogP contribution in [0.2, 0.25) is 0 Å². The Kier molecular flexibility index (Phi) is 4.14. The van der Waals surface area contributed by atoms with E-state index in [9.17, 15) is 4.79 Å². The number of carbonyl (C=O) groups excluding carboxylic acids is 1. The van der Waals surface area contributed by atoms with E-state index < -0.39 is 0 Å². The van der Waals surface area contributed by atoms with Gasteiger partial charge in [-0.25, -0.2) is 0 Å². The Balaban J connectivity index is 2.12. The van der Waals surface area contributed by atoms with Crippen molar-refractivity contribution in [3.05, 3.63) is 49.7 Å². The molecule has 3 nitrogen and oxygen atoms in total. The zero-order valence-electron chi connectivity index (χ0n) is 8.94. The van der Waals surface area contributed by atoms with Gasteiger partial charge in [0.15, 0.2) is 0 Å². The number of hydrogen-bond donors (Lipinski definition) is 2. The molecule has 0 aliphatic carbocycles. The number of halogens is 1. The van der Waals surface area contributed by atoms with E-state index in [0.29, 0.717) is 12.1 Å². The molecule has 2 rings (SSSR count). The summed E-state index contributed by atoms with van der Waals surface area (Å²) in [5.74, 6) is -0.0849. The first kappa shape index (κ1) is 12.5. The minimum atomic E-state index is -0.0849. The average molecular weight is 358 g/mol. The highest BCUT2D eigenvalue weighted by atomic mass is 127. The van der Waals surface area contributed by atoms with Crippen LogP contribution in [-0.4, -0.2) is 5.91 Å². The molecule has 1 heterocycles. The number of nitrogens with two attached hydrogens (primary N) is 1. The second-order valence-corrected chi connectivity index (χ2v) is 6.30. The molecule has 5 heteroatoms. The Morgan fingerprint density at radius 1 is 1.41 bits per heavy atom. The van der Waals surface area contributed by atoms with Crippen LogP contribution in [0, 0.1) is 2.88 Å². The normalized spacial score (nSPS) is 10.2. The van der Waals surface area contributed by atoms with E-state index in [4.69, 9.17) is 5.73 Å². The van der Waals surface area contributed by atoms with Crippen LogP contribution in [0.3, 0.4) is 0 Å². The van der Waals surface area contributed by atoms with Gasteiger partial charge in [0.05, 0.1) is 8.45 Å². The highest BCUT2D eigenvalue weighted by molar-refractivity contribution is 14.1. The van der Waals surface area contributed by atoms with Crippen LogP contribution < -0.4 is 11.1 Å². The summed E-state index contributed by atoms with van der Waals surface area (Å²) in [5, 5.41) is 4.71. The highest BCUT2D eigenvalue weighted by Gasteiger charge is 2.08. The molecule has 3 N–H and O–H groups in total. The number of amides is 1. The third kappa shape index (κ3) is 3.27. The molecule has 0 fully saturated rings. The number of benzene rings is 1. The number of hydrogen-bond acceptors (Lipinski definition) is 3. The number of anilines is 1. The summed E-state index contributed by atoms with van der Waals surface area (Å²) in [6, 6.07) is 9.43. The highest BCUT2D eigenvalue weighted by Crippen LogP contribution is 2.18. The molecular weight excluding hydrogens is 347 g/mol. The molecule has 2 aromatic rings. The number of rotatable bonds is 3. The monoisotopic (exact) mass is 358 g/mol. The van der Waals surface area contributed by atoms with E-state index in [1.165, 1.54) is 0 Å². The fourth-order valence-corrected chi connectivity index (χ4v) is 2.73. The zero-order valence-corrected chi connectivity index (χ0v) is 11.9. The maximum absolute atomic E-state index is 11.9. The van der Waals surface area contributed by atoms with E-state index in [1.807, 2.05) is 35.7 Å². The first-order valence-corrected chi connectivity index (χ1v) is 6.99. The lowest BCUT2D eigenvalue weighted by atomic mass is 10.2. The fourth-order valence-electron chi connectivity index (χ4n) is 1.41. The largest absolute Gasteiger partial charge is 0.326 e. The summed E-state index contributed by atoms with van der Waals surface area (Å²) >= 11 is 3.76. The third-order valence-electron chi connectivity index (χ3n) is 2.25. The number of carbonyl (C=O) groups is 1. The van der Waals surface area contributed by atoms with Crippen molar-refractivity contribution in [1.82, 2.24) is 0 Å². The molecule has 0 aliphatic rings. The Hall–Kier alpha value is -0.920. The van der Waals surface area contributed by atoms with Crippen LogP contribution in [0.4, 0.5) is 5.69 Å². The van der Waals surface area contributed by atoms with Crippen molar-refractivity contribution < 1.29 is 4.79 Å². The predicted octanol–water partition coefficient (Wildman–Crippen LogP) is 3.06. The molecule has 1 aromatic heterocycles. The standard InChI is InChI=1S/C12H11IN2OS/c13-11-5-9(7-17-11)12(16)15-10-3-1-2-8(4-10)6-14/h1-5,7H,6,14H2,(H,15,16). The van der Waals surface area contributed by atoms with Gasteiger partial charge in [-0.1, -0.05) is 12.1 Å². The van der Waals surface area contributed by atoms with Gasteiger partial charge in [0, 0.05) is 17.6 Å². The van der Waals surface area contributed by atoms with Crippen LogP contribution in [0.1, 0.15) is 15.9 Å². The molecule has 1 aromatic carbocycles. The Bertz CT molecular complexity index is 539. The van der Waals surface area contributed by atoms with Crippen molar-refractivity contribution in [2.24, 2.45) is 5.73 Å². The number of nitrogens with one attached hydrogen (secondary N) is 1. The third-order valence-corrected chi connectivity index (χ3v) is 4.04. The van der Waals surface area contributed by atoms with Gasteiger partial charge < -0.3 is 11.1 Å². The molecule has 17 heavy (non-hydrogen) atoms. The van der Waals surface area contributed by atoms with E-state index in [1.54, 1.807) is 11.3 Å². The van der Waals surface area contributed by atoms with Gasteiger partial charge in [0.1, 0.15) is 0 Å². The van der Waals surface area contributed by atoms with Crippen molar-refractivity contribution in [1.29, 1.82) is 0 Å². The SMILES string of the molecule is NCc1cccc(NC(=O)c2csc(I)c2)c1. The lowest BCUT2D eigenvalue weighted by Gasteiger charge is -2.05. The molecule has 0 aliphatic heterocycles. The smallest absolute Gasteiger partial charge is 0.256 e. The Labute approximate surface area is 117 Å². The Morgan fingerprint density at radius 3 is 2.88 bits per heavy atom.